The van der Waals surface area contributed by atoms with Gasteiger partial charge in [-0.05, 0) is 48.9 Å². The Hall–Kier alpha value is -4.41. The summed E-state index contributed by atoms with van der Waals surface area (Å²) in [6.45, 7) is 1.89. The van der Waals surface area contributed by atoms with E-state index in [0.717, 1.165) is 44.6 Å². The first-order chi connectivity index (χ1) is 16.6. The van der Waals surface area contributed by atoms with Crippen LogP contribution in [0.1, 0.15) is 29.1 Å². The van der Waals surface area contributed by atoms with Gasteiger partial charge in [-0.1, -0.05) is 42.5 Å². The van der Waals surface area contributed by atoms with E-state index in [-0.39, 0.29) is 12.1 Å². The molecule has 0 radical (unpaired) electrons. The zero-order valence-electron chi connectivity index (χ0n) is 18.3. The number of urea groups is 1. The van der Waals surface area contributed by atoms with Crippen molar-refractivity contribution in [2.45, 2.75) is 13.0 Å². The Morgan fingerprint density at radius 3 is 2.38 bits per heavy atom. The van der Waals surface area contributed by atoms with E-state index in [1.165, 1.54) is 11.3 Å². The van der Waals surface area contributed by atoms with Gasteiger partial charge in [-0.2, -0.15) is 5.26 Å². The summed E-state index contributed by atoms with van der Waals surface area (Å²) >= 11 is 1.52. The smallest absolute Gasteiger partial charge is 0.319 e. The maximum absolute atomic E-state index is 12.3. The van der Waals surface area contributed by atoms with E-state index in [4.69, 9.17) is 15.0 Å². The van der Waals surface area contributed by atoms with Crippen LogP contribution in [0.3, 0.4) is 0 Å². The molecular weight excluding hydrogens is 444 g/mol. The van der Waals surface area contributed by atoms with Crippen molar-refractivity contribution in [2.24, 2.45) is 0 Å². The summed E-state index contributed by atoms with van der Waals surface area (Å²) < 4.78 is 5.90. The topological polar surface area (TPSA) is 87.0 Å². The zero-order valence-corrected chi connectivity index (χ0v) is 19.1. The number of nitriles is 1. The molecule has 0 saturated carbocycles. The summed E-state index contributed by atoms with van der Waals surface area (Å²) in [5.41, 5.74) is 4.98. The molecule has 7 heteroatoms. The molecule has 4 aromatic rings. The second kappa shape index (κ2) is 9.22. The molecule has 0 bridgehead atoms. The van der Waals surface area contributed by atoms with E-state index >= 15 is 0 Å². The number of carbonyl (C=O) groups is 1. The van der Waals surface area contributed by atoms with Crippen LogP contribution >= 0.6 is 11.3 Å². The van der Waals surface area contributed by atoms with Crippen LogP contribution < -0.4 is 15.4 Å². The number of amides is 2. The van der Waals surface area contributed by atoms with Crippen molar-refractivity contribution >= 4 is 22.9 Å². The molecule has 0 spiro atoms. The number of nitrogens with zero attached hydrogens (tertiary/aromatic N) is 2. The zero-order chi connectivity index (χ0) is 23.5. The van der Waals surface area contributed by atoms with E-state index in [0.29, 0.717) is 5.56 Å². The minimum Gasteiger partial charge on any atom is -0.457 e. The van der Waals surface area contributed by atoms with Crippen molar-refractivity contribution in [1.29, 1.82) is 5.26 Å². The molecule has 2 heterocycles. The molecule has 0 fully saturated rings. The number of hydrogen-bond donors (Lipinski definition) is 2. The molecule has 0 aliphatic carbocycles. The SMILES string of the molecule is CC1=C(c2nc(-c3ccc(C#N)cc3)cs2)C(c2ccc(Oc3ccccc3)cc2)NC(=O)N1. The molecule has 0 saturated heterocycles. The number of para-hydroxylation sites is 1. The number of nitrogens with one attached hydrogen (secondary N) is 2. The van der Waals surface area contributed by atoms with E-state index in [1.54, 1.807) is 12.1 Å². The first-order valence-electron chi connectivity index (χ1n) is 10.7. The third kappa shape index (κ3) is 4.40. The van der Waals surface area contributed by atoms with E-state index in [2.05, 4.69) is 16.7 Å². The quantitative estimate of drug-likeness (QED) is 0.365. The number of hydrogen-bond acceptors (Lipinski definition) is 5. The Balaban J connectivity index is 1.44. The lowest BCUT2D eigenvalue weighted by atomic mass is 9.96. The van der Waals surface area contributed by atoms with Gasteiger partial charge in [0.15, 0.2) is 0 Å². The van der Waals surface area contributed by atoms with Gasteiger partial charge in [0.1, 0.15) is 16.5 Å². The highest BCUT2D eigenvalue weighted by Crippen LogP contribution is 2.38. The Bertz CT molecular complexity index is 1400. The molecule has 34 heavy (non-hydrogen) atoms. The fourth-order valence-electron chi connectivity index (χ4n) is 3.83. The normalized spacial score (nSPS) is 15.3. The molecule has 3 aromatic carbocycles. The van der Waals surface area contributed by atoms with Gasteiger partial charge in [0.2, 0.25) is 0 Å². The van der Waals surface area contributed by atoms with Crippen LogP contribution in [0.4, 0.5) is 4.79 Å². The first-order valence-corrected chi connectivity index (χ1v) is 11.6. The number of allylic oxidation sites excluding steroid dienone is 1. The van der Waals surface area contributed by atoms with Crippen LogP contribution in [0.5, 0.6) is 11.5 Å². The lowest BCUT2D eigenvalue weighted by molar-refractivity contribution is 0.240. The van der Waals surface area contributed by atoms with Crippen molar-refractivity contribution in [2.75, 3.05) is 0 Å². The maximum atomic E-state index is 12.3. The van der Waals surface area contributed by atoms with E-state index in [1.807, 2.05) is 79.0 Å². The second-order valence-corrected chi connectivity index (χ2v) is 8.64. The number of benzene rings is 3. The third-order valence-electron chi connectivity index (χ3n) is 5.51. The molecule has 2 amide bonds. The molecule has 1 aromatic heterocycles. The van der Waals surface area contributed by atoms with Crippen molar-refractivity contribution in [3.05, 3.63) is 106 Å². The predicted molar refractivity (Wildman–Crippen MR) is 132 cm³/mol. The van der Waals surface area contributed by atoms with Gasteiger partial charge in [0.25, 0.3) is 0 Å². The van der Waals surface area contributed by atoms with Gasteiger partial charge in [0.05, 0.1) is 23.4 Å². The number of ether oxygens (including phenoxy) is 1. The van der Waals surface area contributed by atoms with Gasteiger partial charge >= 0.3 is 6.03 Å². The highest BCUT2D eigenvalue weighted by molar-refractivity contribution is 7.11. The highest BCUT2D eigenvalue weighted by Gasteiger charge is 2.29. The van der Waals surface area contributed by atoms with Crippen LogP contribution in [0.25, 0.3) is 16.8 Å². The summed E-state index contributed by atoms with van der Waals surface area (Å²) in [7, 11) is 0. The van der Waals surface area contributed by atoms with Crippen molar-refractivity contribution in [3.8, 4) is 28.8 Å². The minimum atomic E-state index is -0.348. The largest absolute Gasteiger partial charge is 0.457 e. The summed E-state index contributed by atoms with van der Waals surface area (Å²) in [6.07, 6.45) is 0. The Kier molecular flexibility index (Phi) is 5.81. The Labute approximate surface area is 201 Å². The summed E-state index contributed by atoms with van der Waals surface area (Å²) in [5.74, 6) is 1.48. The van der Waals surface area contributed by atoms with Crippen LogP contribution in [-0.2, 0) is 0 Å². The molecular formula is C27H20N4O2S. The monoisotopic (exact) mass is 464 g/mol. The first kappa shape index (κ1) is 21.4. The summed E-state index contributed by atoms with van der Waals surface area (Å²) in [6, 6.07) is 26.2. The predicted octanol–water partition coefficient (Wildman–Crippen LogP) is 6.26. The standard InChI is InChI=1S/C27H20N4O2S/c1-17-24(26-30-23(16-34-26)19-9-7-18(15-28)8-10-19)25(31-27(32)29-17)20-11-13-22(14-12-20)33-21-5-3-2-4-6-21/h2-14,16,25H,1H3,(H2,29,31,32). The van der Waals surface area contributed by atoms with Crippen molar-refractivity contribution in [1.82, 2.24) is 15.6 Å². The Morgan fingerprint density at radius 1 is 0.971 bits per heavy atom. The Morgan fingerprint density at radius 2 is 1.68 bits per heavy atom. The minimum absolute atomic E-state index is 0.250. The summed E-state index contributed by atoms with van der Waals surface area (Å²) in [5, 5.41) is 17.7. The third-order valence-corrected chi connectivity index (χ3v) is 6.38. The van der Waals surface area contributed by atoms with Crippen LogP contribution in [0.15, 0.2) is 89.9 Å². The van der Waals surface area contributed by atoms with Crippen molar-refractivity contribution in [3.63, 3.8) is 0 Å². The lowest BCUT2D eigenvalue weighted by Gasteiger charge is -2.28. The van der Waals surface area contributed by atoms with Gasteiger partial charge in [0, 0.05) is 22.2 Å². The average molecular weight is 465 g/mol. The second-order valence-electron chi connectivity index (χ2n) is 7.78. The highest BCUT2D eigenvalue weighted by atomic mass is 32.1. The van der Waals surface area contributed by atoms with E-state index in [9.17, 15) is 4.79 Å². The fourth-order valence-corrected chi connectivity index (χ4v) is 4.79. The molecule has 1 unspecified atom stereocenters. The maximum Gasteiger partial charge on any atom is 0.319 e. The molecule has 1 aliphatic heterocycles. The van der Waals surface area contributed by atoms with Crippen LogP contribution in [0.2, 0.25) is 0 Å². The molecule has 5 rings (SSSR count). The fraction of sp³-hybridized carbons (Fsp3) is 0.0741. The van der Waals surface area contributed by atoms with E-state index < -0.39 is 0 Å². The number of rotatable bonds is 5. The molecule has 1 aliphatic rings. The number of carbonyl (C=O) groups excluding carboxylic acids is 1. The molecule has 2 N–H and O–H groups in total. The molecule has 166 valence electrons. The average Bonchev–Trinajstić information content (AvgIpc) is 3.34. The number of aromatic nitrogens is 1. The van der Waals surface area contributed by atoms with Crippen LogP contribution in [-0.4, -0.2) is 11.0 Å². The number of thiazole rings is 1. The summed E-state index contributed by atoms with van der Waals surface area (Å²) in [4.78, 5) is 17.2. The van der Waals surface area contributed by atoms with Gasteiger partial charge < -0.3 is 15.4 Å². The van der Waals surface area contributed by atoms with Gasteiger partial charge in [-0.15, -0.1) is 11.3 Å². The molecule has 1 atom stereocenters. The molecule has 6 nitrogen and oxygen atoms in total. The van der Waals surface area contributed by atoms with Crippen LogP contribution in [0, 0.1) is 11.3 Å². The van der Waals surface area contributed by atoms with Gasteiger partial charge in [-0.25, -0.2) is 9.78 Å². The lowest BCUT2D eigenvalue weighted by Crippen LogP contribution is -2.42. The van der Waals surface area contributed by atoms with Crippen molar-refractivity contribution < 1.29 is 9.53 Å². The van der Waals surface area contributed by atoms with Gasteiger partial charge in [-0.3, -0.25) is 0 Å².